The predicted octanol–water partition coefficient (Wildman–Crippen LogP) is 2.06. The molecule has 0 bridgehead atoms. The molecule has 1 fully saturated rings. The van der Waals surface area contributed by atoms with Crippen molar-refractivity contribution in [3.8, 4) is 12.8 Å². The molecule has 0 saturated carbocycles. The summed E-state index contributed by atoms with van der Waals surface area (Å²) in [5.41, 5.74) is 0. The molecule has 3 heteroatoms. The third-order valence-electron chi connectivity index (χ3n) is 1.81. The molecule has 0 aromatic carbocycles. The number of hydrogen-bond acceptors (Lipinski definition) is 3. The van der Waals surface area contributed by atoms with Crippen molar-refractivity contribution in [3.05, 3.63) is 0 Å². The topological polar surface area (TPSA) is 49.7 Å². The van der Waals surface area contributed by atoms with E-state index in [1.807, 2.05) is 0 Å². The van der Waals surface area contributed by atoms with Crippen LogP contribution >= 0.6 is 0 Å². The SMILES string of the molecule is C.C.C.C#C.CC(O)C1OCCCC1O. The third-order valence-corrected chi connectivity index (χ3v) is 1.81. The van der Waals surface area contributed by atoms with Crippen LogP contribution in [0, 0.1) is 12.8 Å². The Kier molecular flexibility index (Phi) is 21.4. The van der Waals surface area contributed by atoms with Gasteiger partial charge in [-0.05, 0) is 19.8 Å². The van der Waals surface area contributed by atoms with E-state index in [4.69, 9.17) is 9.84 Å². The van der Waals surface area contributed by atoms with Gasteiger partial charge in [0.2, 0.25) is 0 Å². The van der Waals surface area contributed by atoms with E-state index in [0.29, 0.717) is 6.61 Å². The minimum Gasteiger partial charge on any atom is -0.391 e. The Morgan fingerprint density at radius 2 is 1.73 bits per heavy atom. The summed E-state index contributed by atoms with van der Waals surface area (Å²) in [6, 6.07) is 0. The van der Waals surface area contributed by atoms with Crippen LogP contribution in [-0.2, 0) is 4.74 Å². The molecule has 1 heterocycles. The van der Waals surface area contributed by atoms with E-state index in [0.717, 1.165) is 12.8 Å². The fourth-order valence-electron chi connectivity index (χ4n) is 1.25. The predicted molar refractivity (Wildman–Crippen MR) is 66.7 cm³/mol. The first-order chi connectivity index (χ1) is 5.72. The van der Waals surface area contributed by atoms with Gasteiger partial charge in [-0.2, -0.15) is 0 Å². The fourth-order valence-corrected chi connectivity index (χ4v) is 1.25. The second-order valence-electron chi connectivity index (χ2n) is 2.79. The van der Waals surface area contributed by atoms with Crippen LogP contribution in [0.1, 0.15) is 42.0 Å². The lowest BCUT2D eigenvalue weighted by molar-refractivity contribution is -0.121. The van der Waals surface area contributed by atoms with Crippen molar-refractivity contribution < 1.29 is 14.9 Å². The molecule has 3 atom stereocenters. The van der Waals surface area contributed by atoms with Gasteiger partial charge in [-0.25, -0.2) is 0 Å². The zero-order valence-electron chi connectivity index (χ0n) is 7.31. The minimum atomic E-state index is -0.560. The maximum atomic E-state index is 9.25. The van der Waals surface area contributed by atoms with E-state index in [-0.39, 0.29) is 28.4 Å². The Bertz CT molecular complexity index is 132. The maximum absolute atomic E-state index is 9.25. The number of ether oxygens (including phenoxy) is 1. The molecule has 3 unspecified atom stereocenters. The highest BCUT2D eigenvalue weighted by Crippen LogP contribution is 2.16. The lowest BCUT2D eigenvalue weighted by atomic mass is 10.0. The summed E-state index contributed by atoms with van der Waals surface area (Å²) in [4.78, 5) is 0. The second kappa shape index (κ2) is 13.4. The van der Waals surface area contributed by atoms with Gasteiger partial charge in [0.1, 0.15) is 6.10 Å². The van der Waals surface area contributed by atoms with Gasteiger partial charge in [0.25, 0.3) is 0 Å². The van der Waals surface area contributed by atoms with Crippen LogP contribution in [0.5, 0.6) is 0 Å². The second-order valence-corrected chi connectivity index (χ2v) is 2.79. The minimum absolute atomic E-state index is 0. The molecule has 1 aliphatic heterocycles. The van der Waals surface area contributed by atoms with Gasteiger partial charge in [-0.15, -0.1) is 12.8 Å². The zero-order chi connectivity index (χ0) is 9.56. The maximum Gasteiger partial charge on any atom is 0.109 e. The van der Waals surface area contributed by atoms with Crippen molar-refractivity contribution in [2.24, 2.45) is 0 Å². The average Bonchev–Trinajstić information content (AvgIpc) is 2.08. The van der Waals surface area contributed by atoms with Crippen LogP contribution in [-0.4, -0.2) is 35.1 Å². The van der Waals surface area contributed by atoms with Gasteiger partial charge in [-0.3, -0.25) is 0 Å². The lowest BCUT2D eigenvalue weighted by Crippen LogP contribution is -2.41. The first-order valence-corrected chi connectivity index (χ1v) is 4.03. The van der Waals surface area contributed by atoms with Gasteiger partial charge >= 0.3 is 0 Å². The van der Waals surface area contributed by atoms with Crippen LogP contribution < -0.4 is 0 Å². The van der Waals surface area contributed by atoms with Crippen molar-refractivity contribution >= 4 is 0 Å². The summed E-state index contributed by atoms with van der Waals surface area (Å²) in [5, 5.41) is 18.3. The van der Waals surface area contributed by atoms with E-state index < -0.39 is 12.2 Å². The first-order valence-electron chi connectivity index (χ1n) is 4.03. The summed E-state index contributed by atoms with van der Waals surface area (Å²) in [6.07, 6.45) is 8.23. The molecule has 0 aromatic heterocycles. The van der Waals surface area contributed by atoms with E-state index in [1.165, 1.54) is 0 Å². The van der Waals surface area contributed by atoms with Crippen LogP contribution in [0.4, 0.5) is 0 Å². The van der Waals surface area contributed by atoms with Gasteiger partial charge in [-0.1, -0.05) is 22.3 Å². The molecule has 0 aromatic rings. The summed E-state index contributed by atoms with van der Waals surface area (Å²) in [7, 11) is 0. The summed E-state index contributed by atoms with van der Waals surface area (Å²) in [5.74, 6) is 0. The van der Waals surface area contributed by atoms with Crippen LogP contribution in [0.25, 0.3) is 0 Å². The molecule has 15 heavy (non-hydrogen) atoms. The van der Waals surface area contributed by atoms with Crippen LogP contribution in [0.3, 0.4) is 0 Å². The van der Waals surface area contributed by atoms with Crippen molar-refractivity contribution in [2.75, 3.05) is 6.61 Å². The molecule has 0 radical (unpaired) electrons. The number of rotatable bonds is 1. The Morgan fingerprint density at radius 1 is 1.27 bits per heavy atom. The quantitative estimate of drug-likeness (QED) is 0.665. The smallest absolute Gasteiger partial charge is 0.109 e. The highest BCUT2D eigenvalue weighted by molar-refractivity contribution is 4.77. The first kappa shape index (κ1) is 23.9. The zero-order valence-corrected chi connectivity index (χ0v) is 7.31. The summed E-state index contributed by atoms with van der Waals surface area (Å²) < 4.78 is 5.15. The average molecular weight is 220 g/mol. The standard InChI is InChI=1S/C7H14O3.C2H2.3CH4/c1-5(8)7-6(9)3-2-4-10-7;1-2;;;/h5-9H,2-4H2,1H3;1-2H;3*1H4. The summed E-state index contributed by atoms with van der Waals surface area (Å²) >= 11 is 0. The van der Waals surface area contributed by atoms with E-state index >= 15 is 0 Å². The van der Waals surface area contributed by atoms with E-state index in [9.17, 15) is 5.11 Å². The van der Waals surface area contributed by atoms with Gasteiger partial charge in [0.15, 0.2) is 0 Å². The number of terminal acetylenes is 1. The highest BCUT2D eigenvalue weighted by Gasteiger charge is 2.27. The lowest BCUT2D eigenvalue weighted by Gasteiger charge is -2.29. The molecule has 2 N–H and O–H groups in total. The van der Waals surface area contributed by atoms with Gasteiger partial charge in [0, 0.05) is 6.61 Å². The molecular weight excluding hydrogens is 192 g/mol. The van der Waals surface area contributed by atoms with Crippen molar-refractivity contribution in [1.29, 1.82) is 0 Å². The van der Waals surface area contributed by atoms with Crippen molar-refractivity contribution in [1.82, 2.24) is 0 Å². The Morgan fingerprint density at radius 3 is 2.00 bits per heavy atom. The Hall–Kier alpha value is -0.560. The van der Waals surface area contributed by atoms with Crippen molar-refractivity contribution in [2.45, 2.75) is 60.4 Å². The number of aliphatic hydroxyl groups is 2. The van der Waals surface area contributed by atoms with Crippen molar-refractivity contribution in [3.63, 3.8) is 0 Å². The van der Waals surface area contributed by atoms with E-state index in [2.05, 4.69) is 12.8 Å². The molecular formula is C12H28O3. The molecule has 3 nitrogen and oxygen atoms in total. The molecule has 0 aliphatic carbocycles. The molecule has 94 valence electrons. The van der Waals surface area contributed by atoms with Crippen LogP contribution in [0.15, 0.2) is 0 Å². The number of hydrogen-bond donors (Lipinski definition) is 2. The van der Waals surface area contributed by atoms with Gasteiger partial charge in [0.05, 0.1) is 12.2 Å². The highest BCUT2D eigenvalue weighted by atomic mass is 16.5. The number of aliphatic hydroxyl groups excluding tert-OH is 2. The monoisotopic (exact) mass is 220 g/mol. The molecule has 1 aliphatic rings. The largest absolute Gasteiger partial charge is 0.391 e. The van der Waals surface area contributed by atoms with E-state index in [1.54, 1.807) is 6.92 Å². The normalized spacial score (nSPS) is 25.1. The fraction of sp³-hybridized carbons (Fsp3) is 0.833. The molecule has 0 spiro atoms. The molecule has 0 amide bonds. The Balaban J connectivity index is -0.000000114. The van der Waals surface area contributed by atoms with Crippen LogP contribution in [0.2, 0.25) is 0 Å². The third kappa shape index (κ3) is 8.44. The molecule has 1 rings (SSSR count). The Labute approximate surface area is 95.5 Å². The summed E-state index contributed by atoms with van der Waals surface area (Å²) in [6.45, 7) is 2.30. The van der Waals surface area contributed by atoms with Gasteiger partial charge < -0.3 is 14.9 Å². The molecule has 1 saturated heterocycles.